The number of hydrogen-bond acceptors (Lipinski definition) is 3. The van der Waals surface area contributed by atoms with E-state index in [2.05, 4.69) is 0 Å². The van der Waals surface area contributed by atoms with Gasteiger partial charge in [-0.1, -0.05) is 37.3 Å². The Balaban J connectivity index is 2.33. The molecule has 0 aromatic heterocycles. The van der Waals surface area contributed by atoms with Crippen molar-refractivity contribution < 1.29 is 14.7 Å². The molecule has 19 heavy (non-hydrogen) atoms. The van der Waals surface area contributed by atoms with Crippen molar-refractivity contribution in [3.63, 3.8) is 0 Å². The van der Waals surface area contributed by atoms with E-state index in [9.17, 15) is 14.7 Å². The first-order chi connectivity index (χ1) is 9.15. The highest BCUT2D eigenvalue weighted by Crippen LogP contribution is 2.34. The molecule has 1 aliphatic rings. The first-order valence-electron chi connectivity index (χ1n) is 6.18. The number of phenolic OH excluding ortho intramolecular Hbond substituents is 1. The van der Waals surface area contributed by atoms with Crippen molar-refractivity contribution in [3.8, 4) is 5.75 Å². The molecule has 0 atom stereocenters. The maximum absolute atomic E-state index is 12.4. The van der Waals surface area contributed by atoms with Gasteiger partial charge >= 0.3 is 0 Å². The fourth-order valence-corrected chi connectivity index (χ4v) is 2.50. The van der Waals surface area contributed by atoms with E-state index in [1.54, 1.807) is 36.4 Å². The number of aryl methyl sites for hydroxylation is 1. The number of fused-ring (bicyclic) bond motifs is 2. The number of phenols is 1. The van der Waals surface area contributed by atoms with Crippen molar-refractivity contribution in [2.45, 2.75) is 13.3 Å². The lowest BCUT2D eigenvalue weighted by Gasteiger charge is -2.19. The van der Waals surface area contributed by atoms with E-state index < -0.39 is 0 Å². The average Bonchev–Trinajstić information content (AvgIpc) is 2.44. The van der Waals surface area contributed by atoms with Crippen LogP contribution in [0, 0.1) is 0 Å². The van der Waals surface area contributed by atoms with Gasteiger partial charge in [0, 0.05) is 16.7 Å². The monoisotopic (exact) mass is 252 g/mol. The topological polar surface area (TPSA) is 54.4 Å². The zero-order valence-electron chi connectivity index (χ0n) is 10.4. The van der Waals surface area contributed by atoms with Crippen molar-refractivity contribution in [3.05, 3.63) is 64.2 Å². The second-order valence-corrected chi connectivity index (χ2v) is 4.55. The summed E-state index contributed by atoms with van der Waals surface area (Å²) in [6, 6.07) is 10.0. The predicted octanol–water partition coefficient (Wildman–Crippen LogP) is 2.73. The Morgan fingerprint density at radius 1 is 0.895 bits per heavy atom. The Labute approximate surface area is 110 Å². The van der Waals surface area contributed by atoms with Crippen LogP contribution >= 0.6 is 0 Å². The summed E-state index contributed by atoms with van der Waals surface area (Å²) in [5, 5.41) is 10.2. The Hall–Kier alpha value is -2.42. The smallest absolute Gasteiger partial charge is 0.198 e. The highest BCUT2D eigenvalue weighted by Gasteiger charge is 2.32. The van der Waals surface area contributed by atoms with E-state index in [1.165, 1.54) is 0 Å². The fraction of sp³-hybridized carbons (Fsp3) is 0.125. The molecule has 0 spiro atoms. The van der Waals surface area contributed by atoms with Crippen molar-refractivity contribution in [2.24, 2.45) is 0 Å². The molecule has 0 heterocycles. The maximum Gasteiger partial charge on any atom is 0.198 e. The van der Waals surface area contributed by atoms with Gasteiger partial charge in [-0.2, -0.15) is 0 Å². The third-order valence-corrected chi connectivity index (χ3v) is 3.53. The summed E-state index contributed by atoms with van der Waals surface area (Å²) >= 11 is 0. The Morgan fingerprint density at radius 3 is 2.16 bits per heavy atom. The Kier molecular flexibility index (Phi) is 2.49. The zero-order chi connectivity index (χ0) is 13.6. The standard InChI is InChI=1S/C16H12O3/c1-2-9-7-8-12-13(14(9)17)16(19)11-6-4-3-5-10(11)15(12)18/h3-8,17H,2H2,1H3. The molecule has 0 aliphatic heterocycles. The number of benzene rings is 2. The largest absolute Gasteiger partial charge is 0.507 e. The van der Waals surface area contributed by atoms with Crippen LogP contribution in [0.2, 0.25) is 0 Å². The van der Waals surface area contributed by atoms with Crippen LogP contribution < -0.4 is 0 Å². The van der Waals surface area contributed by atoms with Gasteiger partial charge in [0.05, 0.1) is 5.56 Å². The molecule has 3 rings (SSSR count). The van der Waals surface area contributed by atoms with Gasteiger partial charge < -0.3 is 5.11 Å². The zero-order valence-corrected chi connectivity index (χ0v) is 10.4. The number of ketones is 2. The molecule has 0 bridgehead atoms. The van der Waals surface area contributed by atoms with Crippen LogP contribution in [0.25, 0.3) is 0 Å². The average molecular weight is 252 g/mol. The van der Waals surface area contributed by atoms with Crippen LogP contribution in [0.5, 0.6) is 5.75 Å². The lowest BCUT2D eigenvalue weighted by molar-refractivity contribution is 0.0976. The van der Waals surface area contributed by atoms with Gasteiger partial charge in [-0.05, 0) is 18.1 Å². The second kappa shape index (κ2) is 4.05. The summed E-state index contributed by atoms with van der Waals surface area (Å²) in [5.41, 5.74) is 1.88. The fourth-order valence-electron chi connectivity index (χ4n) is 2.50. The molecule has 1 aliphatic carbocycles. The number of hydrogen-bond donors (Lipinski definition) is 1. The number of carbonyl (C=O) groups is 2. The van der Waals surface area contributed by atoms with Crippen LogP contribution in [0.4, 0.5) is 0 Å². The summed E-state index contributed by atoms with van der Waals surface area (Å²) < 4.78 is 0. The third kappa shape index (κ3) is 1.51. The SMILES string of the molecule is CCc1ccc2c(c1O)C(=O)c1ccccc1C2=O. The maximum atomic E-state index is 12.4. The quantitative estimate of drug-likeness (QED) is 0.724. The van der Waals surface area contributed by atoms with Crippen LogP contribution in [-0.4, -0.2) is 16.7 Å². The van der Waals surface area contributed by atoms with Gasteiger partial charge in [-0.25, -0.2) is 0 Å². The van der Waals surface area contributed by atoms with E-state index in [0.717, 1.165) is 0 Å². The molecule has 0 radical (unpaired) electrons. The molecule has 94 valence electrons. The first-order valence-corrected chi connectivity index (χ1v) is 6.18. The minimum atomic E-state index is -0.280. The summed E-state index contributed by atoms with van der Waals surface area (Å²) in [5.74, 6) is -0.547. The number of aromatic hydroxyl groups is 1. The summed E-state index contributed by atoms with van der Waals surface area (Å²) in [6.45, 7) is 1.89. The van der Waals surface area contributed by atoms with E-state index in [4.69, 9.17) is 0 Å². The molecular formula is C16H12O3. The highest BCUT2D eigenvalue weighted by atomic mass is 16.3. The Bertz CT molecular complexity index is 714. The summed E-state index contributed by atoms with van der Waals surface area (Å²) in [4.78, 5) is 24.8. The van der Waals surface area contributed by atoms with E-state index >= 15 is 0 Å². The van der Waals surface area contributed by atoms with E-state index in [0.29, 0.717) is 28.7 Å². The van der Waals surface area contributed by atoms with Crippen LogP contribution in [-0.2, 0) is 6.42 Å². The van der Waals surface area contributed by atoms with Crippen molar-refractivity contribution in [1.82, 2.24) is 0 Å². The van der Waals surface area contributed by atoms with Gasteiger partial charge in [0.15, 0.2) is 11.6 Å². The molecule has 1 N–H and O–H groups in total. The molecule has 3 nitrogen and oxygen atoms in total. The van der Waals surface area contributed by atoms with Gasteiger partial charge in [0.2, 0.25) is 0 Å². The van der Waals surface area contributed by atoms with E-state index in [-0.39, 0.29) is 22.9 Å². The van der Waals surface area contributed by atoms with Crippen molar-refractivity contribution >= 4 is 11.6 Å². The number of rotatable bonds is 1. The van der Waals surface area contributed by atoms with Gasteiger partial charge in [-0.15, -0.1) is 0 Å². The predicted molar refractivity (Wildman–Crippen MR) is 70.8 cm³/mol. The minimum Gasteiger partial charge on any atom is -0.507 e. The Morgan fingerprint density at radius 2 is 1.53 bits per heavy atom. The molecular weight excluding hydrogens is 240 g/mol. The molecule has 3 heteroatoms. The summed E-state index contributed by atoms with van der Waals surface area (Å²) in [6.07, 6.45) is 0.613. The molecule has 2 aromatic rings. The number of carbonyl (C=O) groups excluding carboxylic acids is 2. The lowest BCUT2D eigenvalue weighted by Crippen LogP contribution is -2.21. The molecule has 0 unspecified atom stereocenters. The van der Waals surface area contributed by atoms with Gasteiger partial charge in [0.1, 0.15) is 5.75 Å². The van der Waals surface area contributed by atoms with Crippen LogP contribution in [0.1, 0.15) is 44.3 Å². The minimum absolute atomic E-state index is 0.0622. The lowest BCUT2D eigenvalue weighted by atomic mass is 9.82. The van der Waals surface area contributed by atoms with Crippen molar-refractivity contribution in [1.29, 1.82) is 0 Å². The van der Waals surface area contributed by atoms with E-state index in [1.807, 2.05) is 6.92 Å². The van der Waals surface area contributed by atoms with Crippen molar-refractivity contribution in [2.75, 3.05) is 0 Å². The van der Waals surface area contributed by atoms with Gasteiger partial charge in [0.25, 0.3) is 0 Å². The normalized spacial score (nSPS) is 13.1. The highest BCUT2D eigenvalue weighted by molar-refractivity contribution is 6.29. The van der Waals surface area contributed by atoms with Crippen LogP contribution in [0.3, 0.4) is 0 Å². The molecule has 0 fully saturated rings. The first kappa shape index (κ1) is 11.7. The summed E-state index contributed by atoms with van der Waals surface area (Å²) in [7, 11) is 0. The second-order valence-electron chi connectivity index (χ2n) is 4.55. The molecule has 0 saturated carbocycles. The molecule has 0 saturated heterocycles. The molecule has 2 aromatic carbocycles. The van der Waals surface area contributed by atoms with Crippen LogP contribution in [0.15, 0.2) is 36.4 Å². The molecule has 0 amide bonds. The third-order valence-electron chi connectivity index (χ3n) is 3.53. The van der Waals surface area contributed by atoms with Gasteiger partial charge in [-0.3, -0.25) is 9.59 Å².